The molecule has 3 nitrogen and oxygen atoms in total. The number of thioether (sulfide) groups is 2. The number of pyridine rings is 2. The minimum Gasteiger partial charge on any atom is -0.457 e. The zero-order valence-corrected chi connectivity index (χ0v) is 25.4. The van der Waals surface area contributed by atoms with E-state index in [-0.39, 0.29) is 0 Å². The Hall–Kier alpha value is -3.80. The van der Waals surface area contributed by atoms with Crippen LogP contribution in [0.25, 0.3) is 21.8 Å². The number of hydrogen-bond donors (Lipinski definition) is 0. The Balaban J connectivity index is 1.03. The van der Waals surface area contributed by atoms with Gasteiger partial charge >= 0.3 is 0 Å². The summed E-state index contributed by atoms with van der Waals surface area (Å²) in [5, 5.41) is 4.57. The van der Waals surface area contributed by atoms with Crippen molar-refractivity contribution in [3.8, 4) is 11.5 Å². The van der Waals surface area contributed by atoms with Gasteiger partial charge in [0.15, 0.2) is 0 Å². The molecule has 0 radical (unpaired) electrons. The highest BCUT2D eigenvalue weighted by molar-refractivity contribution is 7.98. The van der Waals surface area contributed by atoms with Gasteiger partial charge in [0.1, 0.15) is 11.5 Å². The van der Waals surface area contributed by atoms with Crippen molar-refractivity contribution in [3.05, 3.63) is 130 Å². The van der Waals surface area contributed by atoms with Gasteiger partial charge < -0.3 is 4.74 Å². The van der Waals surface area contributed by atoms with Gasteiger partial charge in [0.05, 0.1) is 21.1 Å². The van der Waals surface area contributed by atoms with E-state index in [0.717, 1.165) is 44.1 Å². The van der Waals surface area contributed by atoms with E-state index in [9.17, 15) is 0 Å². The molecular formula is C36H32N2OS2. The number of aromatic nitrogens is 2. The third kappa shape index (κ3) is 6.58. The number of benzene rings is 4. The van der Waals surface area contributed by atoms with Crippen molar-refractivity contribution in [2.24, 2.45) is 0 Å². The fraction of sp³-hybridized carbons (Fsp3) is 0.167. The molecule has 0 amide bonds. The van der Waals surface area contributed by atoms with Gasteiger partial charge in [-0.05, 0) is 111 Å². The average molecular weight is 573 g/mol. The quantitative estimate of drug-likeness (QED) is 0.170. The Bertz CT molecular complexity index is 1710. The summed E-state index contributed by atoms with van der Waals surface area (Å²) in [6.07, 6.45) is 0. The van der Waals surface area contributed by atoms with Gasteiger partial charge in [0.2, 0.25) is 0 Å². The van der Waals surface area contributed by atoms with Gasteiger partial charge in [-0.1, -0.05) is 47.5 Å². The minimum absolute atomic E-state index is 0.835. The summed E-state index contributed by atoms with van der Waals surface area (Å²) in [6.45, 7) is 8.57. The third-order valence-corrected chi connectivity index (χ3v) is 9.12. The first-order valence-corrected chi connectivity index (χ1v) is 15.7. The van der Waals surface area contributed by atoms with E-state index in [0.29, 0.717) is 0 Å². The van der Waals surface area contributed by atoms with E-state index in [1.54, 1.807) is 23.5 Å². The highest BCUT2D eigenvalue weighted by atomic mass is 32.2. The highest BCUT2D eigenvalue weighted by Gasteiger charge is 2.07. The van der Waals surface area contributed by atoms with Crippen LogP contribution >= 0.6 is 23.5 Å². The first-order chi connectivity index (χ1) is 19.9. The predicted molar refractivity (Wildman–Crippen MR) is 175 cm³/mol. The summed E-state index contributed by atoms with van der Waals surface area (Å²) in [6, 6.07) is 33.9. The van der Waals surface area contributed by atoms with Gasteiger partial charge in [-0.15, -0.1) is 23.5 Å². The van der Waals surface area contributed by atoms with Gasteiger partial charge in [-0.3, -0.25) is 0 Å². The van der Waals surface area contributed by atoms with Crippen molar-refractivity contribution in [2.45, 2.75) is 49.3 Å². The van der Waals surface area contributed by atoms with Crippen LogP contribution in [0.15, 0.2) is 107 Å². The van der Waals surface area contributed by atoms with Crippen LogP contribution in [0.1, 0.15) is 33.4 Å². The van der Waals surface area contributed by atoms with Crippen molar-refractivity contribution < 1.29 is 4.74 Å². The van der Waals surface area contributed by atoms with Crippen molar-refractivity contribution in [1.29, 1.82) is 0 Å². The molecule has 0 unspecified atom stereocenters. The second-order valence-corrected chi connectivity index (χ2v) is 12.6. The Morgan fingerprint density at radius 2 is 0.927 bits per heavy atom. The Kier molecular flexibility index (Phi) is 8.00. The summed E-state index contributed by atoms with van der Waals surface area (Å²) in [4.78, 5) is 9.71. The summed E-state index contributed by atoms with van der Waals surface area (Å²) in [5.74, 6) is 3.40. The molecule has 4 aromatic carbocycles. The summed E-state index contributed by atoms with van der Waals surface area (Å²) in [7, 11) is 0. The number of hydrogen-bond acceptors (Lipinski definition) is 5. The van der Waals surface area contributed by atoms with E-state index in [1.165, 1.54) is 44.2 Å². The molecule has 204 valence electrons. The Morgan fingerprint density at radius 1 is 0.512 bits per heavy atom. The van der Waals surface area contributed by atoms with Crippen molar-refractivity contribution in [1.82, 2.24) is 9.97 Å². The average Bonchev–Trinajstić information content (AvgIpc) is 2.97. The minimum atomic E-state index is 0.835. The lowest BCUT2D eigenvalue weighted by atomic mass is 10.1. The van der Waals surface area contributed by atoms with Gasteiger partial charge in [-0.25, -0.2) is 9.97 Å². The number of fused-ring (bicyclic) bond motifs is 2. The fourth-order valence-electron chi connectivity index (χ4n) is 4.86. The third-order valence-electron chi connectivity index (χ3n) is 7.15. The van der Waals surface area contributed by atoms with Crippen LogP contribution in [-0.2, 0) is 11.5 Å². The summed E-state index contributed by atoms with van der Waals surface area (Å²) < 4.78 is 6.12. The van der Waals surface area contributed by atoms with Crippen LogP contribution < -0.4 is 4.74 Å². The van der Waals surface area contributed by atoms with E-state index >= 15 is 0 Å². The first-order valence-electron chi connectivity index (χ1n) is 13.8. The molecule has 6 aromatic rings. The SMILES string of the molecule is Cc1ccc2nc(SCc3ccc(Oc4ccc(CSc5cc(C)c6cc(C)ccc6n5)cc4)cc3)cc(C)c2c1. The molecule has 0 fully saturated rings. The van der Waals surface area contributed by atoms with E-state index in [1.807, 2.05) is 24.3 Å². The van der Waals surface area contributed by atoms with E-state index in [4.69, 9.17) is 14.7 Å². The molecule has 0 aliphatic carbocycles. The molecule has 41 heavy (non-hydrogen) atoms. The molecule has 0 aliphatic heterocycles. The second kappa shape index (κ2) is 12.0. The molecule has 0 N–H and O–H groups in total. The summed E-state index contributed by atoms with van der Waals surface area (Å²) >= 11 is 3.53. The number of rotatable bonds is 8. The van der Waals surface area contributed by atoms with Crippen molar-refractivity contribution >= 4 is 45.3 Å². The topological polar surface area (TPSA) is 35.0 Å². The summed E-state index contributed by atoms with van der Waals surface area (Å²) in [5.41, 5.74) is 9.66. The van der Waals surface area contributed by atoms with E-state index in [2.05, 4.69) is 100 Å². The molecule has 5 heteroatoms. The molecular weight excluding hydrogens is 541 g/mol. The largest absolute Gasteiger partial charge is 0.457 e. The molecule has 0 saturated carbocycles. The van der Waals surface area contributed by atoms with Crippen LogP contribution in [0.5, 0.6) is 11.5 Å². The monoisotopic (exact) mass is 572 g/mol. The van der Waals surface area contributed by atoms with Crippen molar-refractivity contribution in [3.63, 3.8) is 0 Å². The molecule has 0 atom stereocenters. The maximum absolute atomic E-state index is 6.12. The first kappa shape index (κ1) is 27.4. The standard InChI is InChI=1S/C36H32N2OS2/c1-23-5-15-33-31(17-23)25(3)19-35(37-33)40-21-27-7-11-29(12-8-27)39-30-13-9-28(10-14-30)22-41-36-20-26(4)32-18-24(2)6-16-34(32)38-36/h5-20H,21-22H2,1-4H3. The molecule has 6 rings (SSSR count). The zero-order chi connectivity index (χ0) is 28.3. The molecule has 0 aliphatic rings. The predicted octanol–water partition coefficient (Wildman–Crippen LogP) is 10.4. The van der Waals surface area contributed by atoms with Crippen LogP contribution in [0.3, 0.4) is 0 Å². The number of aryl methyl sites for hydroxylation is 4. The van der Waals surface area contributed by atoms with E-state index < -0.39 is 0 Å². The molecule has 0 saturated heterocycles. The maximum atomic E-state index is 6.12. The van der Waals surface area contributed by atoms with Gasteiger partial charge in [0.25, 0.3) is 0 Å². The smallest absolute Gasteiger partial charge is 0.127 e. The van der Waals surface area contributed by atoms with Crippen LogP contribution in [0.2, 0.25) is 0 Å². The number of nitrogens with zero attached hydrogens (tertiary/aromatic N) is 2. The molecule has 0 bridgehead atoms. The Labute approximate surface area is 250 Å². The van der Waals surface area contributed by atoms with Crippen molar-refractivity contribution in [2.75, 3.05) is 0 Å². The number of ether oxygens (including phenoxy) is 1. The van der Waals surface area contributed by atoms with Crippen LogP contribution in [-0.4, -0.2) is 9.97 Å². The zero-order valence-electron chi connectivity index (χ0n) is 23.8. The van der Waals surface area contributed by atoms with Gasteiger partial charge in [-0.2, -0.15) is 0 Å². The lowest BCUT2D eigenvalue weighted by Crippen LogP contribution is -1.90. The molecule has 0 spiro atoms. The highest BCUT2D eigenvalue weighted by Crippen LogP contribution is 2.30. The maximum Gasteiger partial charge on any atom is 0.127 e. The van der Waals surface area contributed by atoms with Crippen LogP contribution in [0, 0.1) is 27.7 Å². The molecule has 2 aromatic heterocycles. The lowest BCUT2D eigenvalue weighted by molar-refractivity contribution is 0.482. The van der Waals surface area contributed by atoms with Crippen LogP contribution in [0.4, 0.5) is 0 Å². The normalized spacial score (nSPS) is 11.3. The van der Waals surface area contributed by atoms with Gasteiger partial charge in [0, 0.05) is 22.3 Å². The Morgan fingerprint density at radius 3 is 1.34 bits per heavy atom. The molecule has 2 heterocycles. The fourth-order valence-corrected chi connectivity index (χ4v) is 6.72. The second-order valence-electron chi connectivity index (χ2n) is 10.6. The lowest BCUT2D eigenvalue weighted by Gasteiger charge is -2.09.